The number of benzene rings is 2. The molecule has 0 aliphatic rings. The Morgan fingerprint density at radius 1 is 0.895 bits per heavy atom. The van der Waals surface area contributed by atoms with Crippen LogP contribution >= 0.6 is 11.6 Å². The molecule has 6 heteroatoms. The molecule has 98 valence electrons. The maximum atomic E-state index is 13.6. The molecule has 0 aliphatic heterocycles. The van der Waals surface area contributed by atoms with Crippen molar-refractivity contribution in [1.82, 2.24) is 0 Å². The first-order valence-electron chi connectivity index (χ1n) is 5.05. The van der Waals surface area contributed by atoms with Crippen LogP contribution in [0, 0.1) is 23.3 Å². The maximum Gasteiger partial charge on any atom is 0.253 e. The summed E-state index contributed by atoms with van der Waals surface area (Å²) < 4.78 is 52.8. The highest BCUT2D eigenvalue weighted by Crippen LogP contribution is 2.30. The van der Waals surface area contributed by atoms with Gasteiger partial charge in [-0.3, -0.25) is 4.79 Å². The first kappa shape index (κ1) is 13.5. The lowest BCUT2D eigenvalue weighted by molar-refractivity contribution is 0.108. The fourth-order valence-electron chi connectivity index (χ4n) is 1.66. The summed E-state index contributed by atoms with van der Waals surface area (Å²) >= 11 is 5.30. The van der Waals surface area contributed by atoms with E-state index in [1.54, 1.807) is 0 Å². The van der Waals surface area contributed by atoms with Crippen LogP contribution in [-0.4, -0.2) is 5.24 Å². The Morgan fingerprint density at radius 3 is 2.16 bits per heavy atom. The molecule has 0 aromatic heterocycles. The van der Waals surface area contributed by atoms with Crippen LogP contribution in [0.5, 0.6) is 0 Å². The smallest absolute Gasteiger partial charge is 0.253 e. The molecule has 0 saturated heterocycles. The fraction of sp³-hybridized carbons (Fsp3) is 0. The van der Waals surface area contributed by atoms with E-state index in [2.05, 4.69) is 0 Å². The van der Waals surface area contributed by atoms with E-state index in [0.717, 1.165) is 0 Å². The van der Waals surface area contributed by atoms with Crippen molar-refractivity contribution in [3.05, 3.63) is 59.2 Å². The van der Waals surface area contributed by atoms with Crippen molar-refractivity contribution in [2.45, 2.75) is 0 Å². The zero-order valence-electron chi connectivity index (χ0n) is 9.18. The third kappa shape index (κ3) is 2.33. The van der Waals surface area contributed by atoms with Crippen LogP contribution in [0.4, 0.5) is 17.6 Å². The van der Waals surface area contributed by atoms with Gasteiger partial charge in [0.2, 0.25) is 0 Å². The predicted molar refractivity (Wildman–Crippen MR) is 61.9 cm³/mol. The first-order chi connectivity index (χ1) is 8.93. The Labute approximate surface area is 110 Å². The van der Waals surface area contributed by atoms with Gasteiger partial charge in [0.15, 0.2) is 23.3 Å². The maximum absolute atomic E-state index is 13.6. The van der Waals surface area contributed by atoms with Gasteiger partial charge < -0.3 is 0 Å². The summed E-state index contributed by atoms with van der Waals surface area (Å²) in [4.78, 5) is 11.2. The van der Waals surface area contributed by atoms with Crippen LogP contribution in [0.1, 0.15) is 10.4 Å². The largest absolute Gasteiger partial charge is 0.276 e. The first-order valence-corrected chi connectivity index (χ1v) is 5.43. The molecule has 0 N–H and O–H groups in total. The highest BCUT2D eigenvalue weighted by atomic mass is 35.5. The highest BCUT2D eigenvalue weighted by molar-refractivity contribution is 6.68. The molecule has 1 nitrogen and oxygen atoms in total. The molecule has 0 atom stereocenters. The normalized spacial score (nSPS) is 10.6. The molecule has 0 heterocycles. The number of carbonyl (C=O) groups excluding carboxylic acids is 1. The zero-order valence-corrected chi connectivity index (χ0v) is 9.94. The molecule has 0 saturated carbocycles. The van der Waals surface area contributed by atoms with Crippen molar-refractivity contribution >= 4 is 16.8 Å². The topological polar surface area (TPSA) is 17.1 Å². The minimum atomic E-state index is -1.94. The Morgan fingerprint density at radius 2 is 1.53 bits per heavy atom. The summed E-state index contributed by atoms with van der Waals surface area (Å²) in [5.74, 6) is -6.97. The Balaban J connectivity index is 2.77. The lowest BCUT2D eigenvalue weighted by atomic mass is 9.99. The van der Waals surface area contributed by atoms with Crippen molar-refractivity contribution < 1.29 is 22.4 Å². The lowest BCUT2D eigenvalue weighted by Gasteiger charge is -2.09. The van der Waals surface area contributed by atoms with Crippen molar-refractivity contribution in [2.75, 3.05) is 0 Å². The molecule has 0 bridgehead atoms. The van der Waals surface area contributed by atoms with Crippen LogP contribution < -0.4 is 0 Å². The fourth-order valence-corrected chi connectivity index (χ4v) is 1.82. The summed E-state index contributed by atoms with van der Waals surface area (Å²) in [6, 6.07) is 5.88. The summed E-state index contributed by atoms with van der Waals surface area (Å²) in [6.07, 6.45) is 0. The Bertz CT molecular complexity index is 670. The second-order valence-electron chi connectivity index (χ2n) is 3.67. The van der Waals surface area contributed by atoms with Crippen LogP contribution in [0.25, 0.3) is 11.1 Å². The molecule has 2 rings (SSSR count). The summed E-state index contributed by atoms with van der Waals surface area (Å²) in [7, 11) is 0. The van der Waals surface area contributed by atoms with Gasteiger partial charge in [0.25, 0.3) is 5.24 Å². The number of rotatable bonds is 2. The molecule has 0 radical (unpaired) electrons. The Hall–Kier alpha value is -1.88. The second kappa shape index (κ2) is 5.01. The number of hydrogen-bond acceptors (Lipinski definition) is 1. The van der Waals surface area contributed by atoms with Gasteiger partial charge >= 0.3 is 0 Å². The number of halogens is 5. The van der Waals surface area contributed by atoms with Gasteiger partial charge in [0.1, 0.15) is 0 Å². The highest BCUT2D eigenvalue weighted by Gasteiger charge is 2.22. The zero-order chi connectivity index (χ0) is 14.2. The quantitative estimate of drug-likeness (QED) is 0.349. The number of carbonyl (C=O) groups is 1. The molecule has 19 heavy (non-hydrogen) atoms. The molecule has 0 fully saturated rings. The molecular formula is C13H5ClF4O. The standard InChI is InChI=1S/C13H5ClF4O/c14-13(19)7-4-2-1-3-6(7)8-5-9(15)11(17)12(18)10(8)16/h1-5H. The van der Waals surface area contributed by atoms with Gasteiger partial charge in [-0.25, -0.2) is 17.6 Å². The van der Waals surface area contributed by atoms with E-state index in [0.29, 0.717) is 6.07 Å². The molecule has 0 aliphatic carbocycles. The van der Waals surface area contributed by atoms with Gasteiger partial charge in [0.05, 0.1) is 0 Å². The molecule has 0 unspecified atom stereocenters. The predicted octanol–water partition coefficient (Wildman–Crippen LogP) is 4.29. The van der Waals surface area contributed by atoms with E-state index in [1.165, 1.54) is 24.3 Å². The molecule has 2 aromatic rings. The van der Waals surface area contributed by atoms with Gasteiger partial charge in [-0.2, -0.15) is 0 Å². The van der Waals surface area contributed by atoms with Gasteiger partial charge in [-0.05, 0) is 29.3 Å². The summed E-state index contributed by atoms with van der Waals surface area (Å²) in [5.41, 5.74) is -0.813. The van der Waals surface area contributed by atoms with E-state index in [-0.39, 0.29) is 11.1 Å². The van der Waals surface area contributed by atoms with E-state index >= 15 is 0 Å². The van der Waals surface area contributed by atoms with Gasteiger partial charge in [0, 0.05) is 11.1 Å². The molecular weight excluding hydrogens is 284 g/mol. The third-order valence-corrected chi connectivity index (χ3v) is 2.74. The van der Waals surface area contributed by atoms with Crippen LogP contribution in [0.2, 0.25) is 0 Å². The molecule has 2 aromatic carbocycles. The molecule has 0 amide bonds. The summed E-state index contributed by atoms with van der Waals surface area (Å²) in [5, 5.41) is -0.917. The van der Waals surface area contributed by atoms with Crippen molar-refractivity contribution in [3.63, 3.8) is 0 Å². The molecule has 0 spiro atoms. The average Bonchev–Trinajstić information content (AvgIpc) is 2.40. The van der Waals surface area contributed by atoms with E-state index < -0.39 is 34.1 Å². The monoisotopic (exact) mass is 288 g/mol. The van der Waals surface area contributed by atoms with E-state index in [4.69, 9.17) is 11.6 Å². The van der Waals surface area contributed by atoms with Crippen LogP contribution in [0.3, 0.4) is 0 Å². The van der Waals surface area contributed by atoms with Crippen molar-refractivity contribution in [3.8, 4) is 11.1 Å². The minimum absolute atomic E-state index is 0.113. The second-order valence-corrected chi connectivity index (χ2v) is 4.01. The van der Waals surface area contributed by atoms with Gasteiger partial charge in [-0.1, -0.05) is 18.2 Å². The lowest BCUT2D eigenvalue weighted by Crippen LogP contribution is -2.01. The van der Waals surface area contributed by atoms with Crippen LogP contribution in [-0.2, 0) is 0 Å². The van der Waals surface area contributed by atoms with Crippen molar-refractivity contribution in [1.29, 1.82) is 0 Å². The summed E-state index contributed by atoms with van der Waals surface area (Å²) in [6.45, 7) is 0. The van der Waals surface area contributed by atoms with Crippen LogP contribution in [0.15, 0.2) is 30.3 Å². The SMILES string of the molecule is O=C(Cl)c1ccccc1-c1cc(F)c(F)c(F)c1F. The van der Waals surface area contributed by atoms with E-state index in [9.17, 15) is 22.4 Å². The minimum Gasteiger partial charge on any atom is -0.276 e. The van der Waals surface area contributed by atoms with Crippen molar-refractivity contribution in [2.24, 2.45) is 0 Å². The van der Waals surface area contributed by atoms with E-state index in [1.807, 2.05) is 0 Å². The number of hydrogen-bond donors (Lipinski definition) is 0. The Kier molecular flexibility index (Phi) is 3.57. The average molecular weight is 289 g/mol. The van der Waals surface area contributed by atoms with Gasteiger partial charge in [-0.15, -0.1) is 0 Å². The third-order valence-electron chi connectivity index (χ3n) is 2.53.